The molecule has 2 aromatic rings. The summed E-state index contributed by atoms with van der Waals surface area (Å²) < 4.78 is 5.32. The van der Waals surface area contributed by atoms with Crippen LogP contribution in [0, 0.1) is 0 Å². The number of nitrogens with one attached hydrogen (secondary N) is 1. The second-order valence-corrected chi connectivity index (χ2v) is 7.63. The van der Waals surface area contributed by atoms with Crippen molar-refractivity contribution in [3.8, 4) is 0 Å². The van der Waals surface area contributed by atoms with Crippen molar-refractivity contribution in [2.45, 2.75) is 52.0 Å². The van der Waals surface area contributed by atoms with Gasteiger partial charge in [0.1, 0.15) is 6.04 Å². The molecule has 6 nitrogen and oxygen atoms in total. The lowest BCUT2D eigenvalue weighted by molar-refractivity contribution is 0.194. The molecule has 134 valence electrons. The van der Waals surface area contributed by atoms with Crippen LogP contribution in [0.1, 0.15) is 56.6 Å². The van der Waals surface area contributed by atoms with Crippen molar-refractivity contribution in [2.24, 2.45) is 0 Å². The smallest absolute Gasteiger partial charge is 0.318 e. The number of hydrogen-bond donors (Lipinski definition) is 1. The van der Waals surface area contributed by atoms with Gasteiger partial charge in [0.15, 0.2) is 5.82 Å². The fraction of sp³-hybridized carbons (Fsp3) is 0.526. The predicted molar refractivity (Wildman–Crippen MR) is 95.4 cm³/mol. The summed E-state index contributed by atoms with van der Waals surface area (Å²) in [4.78, 5) is 18.9. The highest BCUT2D eigenvalue weighted by atomic mass is 16.5. The minimum absolute atomic E-state index is 0.0872. The molecule has 0 spiro atoms. The highest BCUT2D eigenvalue weighted by molar-refractivity contribution is 5.74. The fourth-order valence-corrected chi connectivity index (χ4v) is 2.92. The van der Waals surface area contributed by atoms with Gasteiger partial charge in [-0.15, -0.1) is 0 Å². The molecule has 1 aliphatic heterocycles. The third-order valence-electron chi connectivity index (χ3n) is 4.53. The number of rotatable bonds is 2. The van der Waals surface area contributed by atoms with Gasteiger partial charge in [-0.2, -0.15) is 4.98 Å². The average molecular weight is 342 g/mol. The molecular weight excluding hydrogens is 316 g/mol. The van der Waals surface area contributed by atoms with Crippen LogP contribution in [0.2, 0.25) is 0 Å². The molecule has 25 heavy (non-hydrogen) atoms. The minimum atomic E-state index is -0.318. The van der Waals surface area contributed by atoms with Crippen LogP contribution in [0.15, 0.2) is 28.8 Å². The maximum Gasteiger partial charge on any atom is 0.318 e. The highest BCUT2D eigenvalue weighted by Crippen LogP contribution is 2.21. The van der Waals surface area contributed by atoms with Crippen LogP contribution in [0.4, 0.5) is 4.79 Å². The molecule has 1 aromatic heterocycles. The summed E-state index contributed by atoms with van der Waals surface area (Å²) in [5, 5.41) is 7.00. The molecule has 1 atom stereocenters. The molecule has 2 heterocycles. The van der Waals surface area contributed by atoms with Crippen molar-refractivity contribution >= 4 is 6.03 Å². The molecule has 1 aromatic carbocycles. The van der Waals surface area contributed by atoms with Gasteiger partial charge in [-0.05, 0) is 30.9 Å². The Morgan fingerprint density at radius 1 is 1.20 bits per heavy atom. The number of fused-ring (bicyclic) bond motifs is 1. The molecule has 0 fully saturated rings. The molecule has 1 N–H and O–H groups in total. The topological polar surface area (TPSA) is 71.3 Å². The Balaban J connectivity index is 1.61. The van der Waals surface area contributed by atoms with Gasteiger partial charge in [-0.3, -0.25) is 0 Å². The molecule has 2 amide bonds. The first-order valence-corrected chi connectivity index (χ1v) is 8.81. The van der Waals surface area contributed by atoms with Gasteiger partial charge in [0.05, 0.1) is 0 Å². The zero-order chi connectivity index (χ0) is 18.0. The molecule has 0 unspecified atom stereocenters. The van der Waals surface area contributed by atoms with Crippen molar-refractivity contribution in [3.63, 3.8) is 0 Å². The van der Waals surface area contributed by atoms with Crippen molar-refractivity contribution < 1.29 is 9.32 Å². The number of carbonyl (C=O) groups is 1. The van der Waals surface area contributed by atoms with Crippen LogP contribution >= 0.6 is 0 Å². The fourth-order valence-electron chi connectivity index (χ4n) is 2.92. The van der Waals surface area contributed by atoms with E-state index in [0.717, 1.165) is 12.8 Å². The number of carbonyl (C=O) groups excluding carboxylic acids is 1. The number of benzene rings is 1. The number of hydrogen-bond acceptors (Lipinski definition) is 4. The van der Waals surface area contributed by atoms with Crippen molar-refractivity contribution in [2.75, 3.05) is 13.1 Å². The van der Waals surface area contributed by atoms with E-state index in [1.54, 1.807) is 0 Å². The van der Waals surface area contributed by atoms with E-state index in [9.17, 15) is 4.79 Å². The van der Waals surface area contributed by atoms with Gasteiger partial charge in [0.25, 0.3) is 0 Å². The van der Waals surface area contributed by atoms with E-state index in [1.165, 1.54) is 11.1 Å². The SMILES string of the molecule is C[C@@H](NC(=O)N1CCc2ccccc2CC1)c1nc(C(C)(C)C)no1. The monoisotopic (exact) mass is 342 g/mol. The van der Waals surface area contributed by atoms with E-state index in [0.29, 0.717) is 24.8 Å². The van der Waals surface area contributed by atoms with E-state index < -0.39 is 0 Å². The maximum atomic E-state index is 12.6. The third-order valence-corrected chi connectivity index (χ3v) is 4.53. The number of urea groups is 1. The van der Waals surface area contributed by atoms with E-state index >= 15 is 0 Å². The average Bonchev–Trinajstić information content (AvgIpc) is 2.97. The number of aromatic nitrogens is 2. The second-order valence-electron chi connectivity index (χ2n) is 7.63. The first-order chi connectivity index (χ1) is 11.8. The lowest BCUT2D eigenvalue weighted by atomic mass is 9.96. The van der Waals surface area contributed by atoms with Crippen LogP contribution in [0.5, 0.6) is 0 Å². The van der Waals surface area contributed by atoms with Crippen molar-refractivity contribution in [3.05, 3.63) is 47.1 Å². The van der Waals surface area contributed by atoms with Crippen LogP contribution in [-0.4, -0.2) is 34.2 Å². The summed E-state index contributed by atoms with van der Waals surface area (Å²) in [5.74, 6) is 1.09. The quantitative estimate of drug-likeness (QED) is 0.909. The summed E-state index contributed by atoms with van der Waals surface area (Å²) in [7, 11) is 0. The molecule has 0 bridgehead atoms. The summed E-state index contributed by atoms with van der Waals surface area (Å²) in [6.07, 6.45) is 1.76. The second kappa shape index (κ2) is 6.86. The highest BCUT2D eigenvalue weighted by Gasteiger charge is 2.25. The Labute approximate surface area is 148 Å². The molecule has 0 saturated heterocycles. The molecular formula is C19H26N4O2. The van der Waals surface area contributed by atoms with Gasteiger partial charge >= 0.3 is 6.03 Å². The zero-order valence-electron chi connectivity index (χ0n) is 15.4. The predicted octanol–water partition coefficient (Wildman–Crippen LogP) is 3.24. The molecule has 0 saturated carbocycles. The van der Waals surface area contributed by atoms with Gasteiger partial charge in [-0.1, -0.05) is 50.2 Å². The summed E-state index contributed by atoms with van der Waals surface area (Å²) in [6.45, 7) is 9.38. The third kappa shape index (κ3) is 4.00. The first kappa shape index (κ1) is 17.5. The normalized spacial score (nSPS) is 16.1. The van der Waals surface area contributed by atoms with Gasteiger partial charge < -0.3 is 14.7 Å². The van der Waals surface area contributed by atoms with Crippen LogP contribution in [0.3, 0.4) is 0 Å². The zero-order valence-corrected chi connectivity index (χ0v) is 15.4. The lowest BCUT2D eigenvalue weighted by Crippen LogP contribution is -2.42. The van der Waals surface area contributed by atoms with Crippen molar-refractivity contribution in [1.29, 1.82) is 0 Å². The Morgan fingerprint density at radius 2 is 1.80 bits per heavy atom. The molecule has 3 rings (SSSR count). The van der Waals surface area contributed by atoms with E-state index in [1.807, 2.05) is 32.6 Å². The molecule has 0 radical (unpaired) electrons. The maximum absolute atomic E-state index is 12.6. The van der Waals surface area contributed by atoms with Crippen LogP contribution < -0.4 is 5.32 Å². The summed E-state index contributed by atoms with van der Waals surface area (Å²) in [6, 6.07) is 7.99. The minimum Gasteiger partial charge on any atom is -0.337 e. The summed E-state index contributed by atoms with van der Waals surface area (Å²) >= 11 is 0. The Bertz CT molecular complexity index is 721. The van der Waals surface area contributed by atoms with E-state index in [2.05, 4.69) is 39.7 Å². The Kier molecular flexibility index (Phi) is 4.79. The Morgan fingerprint density at radius 3 is 2.32 bits per heavy atom. The number of amides is 2. The lowest BCUT2D eigenvalue weighted by Gasteiger charge is -2.22. The molecule has 0 aliphatic carbocycles. The van der Waals surface area contributed by atoms with E-state index in [-0.39, 0.29) is 17.5 Å². The summed E-state index contributed by atoms with van der Waals surface area (Å²) in [5.41, 5.74) is 2.48. The van der Waals surface area contributed by atoms with E-state index in [4.69, 9.17) is 4.52 Å². The van der Waals surface area contributed by atoms with Gasteiger partial charge in [0.2, 0.25) is 5.89 Å². The van der Waals surface area contributed by atoms with Crippen LogP contribution in [-0.2, 0) is 18.3 Å². The number of nitrogens with zero attached hydrogens (tertiary/aromatic N) is 3. The standard InChI is InChI=1S/C19H26N4O2/c1-13(16-21-17(22-25-16)19(2,3)4)20-18(24)23-11-9-14-7-5-6-8-15(14)10-12-23/h5-8,13H,9-12H2,1-4H3,(H,20,24)/t13-/m1/s1. The Hall–Kier alpha value is -2.37. The first-order valence-electron chi connectivity index (χ1n) is 8.81. The van der Waals surface area contributed by atoms with Gasteiger partial charge in [-0.25, -0.2) is 4.79 Å². The largest absolute Gasteiger partial charge is 0.337 e. The van der Waals surface area contributed by atoms with Crippen LogP contribution in [0.25, 0.3) is 0 Å². The van der Waals surface area contributed by atoms with Crippen molar-refractivity contribution in [1.82, 2.24) is 20.4 Å². The van der Waals surface area contributed by atoms with Gasteiger partial charge in [0, 0.05) is 18.5 Å². The molecule has 1 aliphatic rings. The molecule has 6 heteroatoms.